The maximum absolute atomic E-state index is 11.9. The minimum Gasteiger partial charge on any atom is -0.357 e. The largest absolute Gasteiger partial charge is 0.357 e. The van der Waals surface area contributed by atoms with Crippen molar-refractivity contribution in [3.05, 3.63) is 35.4 Å². The summed E-state index contributed by atoms with van der Waals surface area (Å²) >= 11 is 2.03. The van der Waals surface area contributed by atoms with Gasteiger partial charge in [-0.3, -0.25) is 4.79 Å². The number of likely N-dealkylation sites (tertiary alicyclic amines) is 1. The van der Waals surface area contributed by atoms with E-state index in [1.807, 2.05) is 16.7 Å². The third-order valence-corrected chi connectivity index (χ3v) is 6.30. The van der Waals surface area contributed by atoms with Gasteiger partial charge in [0.2, 0.25) is 5.91 Å². The van der Waals surface area contributed by atoms with Crippen molar-refractivity contribution in [1.29, 1.82) is 0 Å². The van der Waals surface area contributed by atoms with Gasteiger partial charge in [0, 0.05) is 49.6 Å². The zero-order chi connectivity index (χ0) is 19.3. The monoisotopic (exact) mass is 388 g/mol. The van der Waals surface area contributed by atoms with Crippen LogP contribution in [0.15, 0.2) is 29.3 Å². The normalized spacial score (nSPS) is 20.3. The van der Waals surface area contributed by atoms with E-state index < -0.39 is 0 Å². The predicted molar refractivity (Wildman–Crippen MR) is 114 cm³/mol. The van der Waals surface area contributed by atoms with Crippen molar-refractivity contribution in [3.8, 4) is 0 Å². The average molecular weight is 389 g/mol. The maximum Gasteiger partial charge on any atom is 0.222 e. The van der Waals surface area contributed by atoms with E-state index >= 15 is 0 Å². The molecule has 6 heteroatoms. The van der Waals surface area contributed by atoms with Gasteiger partial charge in [-0.15, -0.1) is 0 Å². The first-order valence-electron chi connectivity index (χ1n) is 10.00. The summed E-state index contributed by atoms with van der Waals surface area (Å²) in [6.45, 7) is 11.9. The Morgan fingerprint density at radius 2 is 2.11 bits per heavy atom. The molecule has 1 aromatic rings. The van der Waals surface area contributed by atoms with E-state index in [1.54, 1.807) is 0 Å². The number of thioether (sulfide) groups is 1. The van der Waals surface area contributed by atoms with Gasteiger partial charge in [0.15, 0.2) is 5.96 Å². The summed E-state index contributed by atoms with van der Waals surface area (Å²) in [5, 5.41) is 3.45. The molecule has 2 aliphatic heterocycles. The first-order valence-corrected chi connectivity index (χ1v) is 11.0. The van der Waals surface area contributed by atoms with Crippen molar-refractivity contribution in [2.75, 3.05) is 31.9 Å². The lowest BCUT2D eigenvalue weighted by Gasteiger charge is -2.39. The molecule has 1 amide bonds. The van der Waals surface area contributed by atoms with Crippen LogP contribution in [0.1, 0.15) is 44.7 Å². The van der Waals surface area contributed by atoms with Crippen LogP contribution in [-0.2, 0) is 17.9 Å². The lowest BCUT2D eigenvalue weighted by atomic mass is 10.1. The average Bonchev–Trinajstić information content (AvgIpc) is 3.03. The number of rotatable bonds is 5. The number of hydrogen-bond donors (Lipinski definition) is 1. The Bertz CT molecular complexity index is 689. The highest BCUT2D eigenvalue weighted by Crippen LogP contribution is 2.29. The summed E-state index contributed by atoms with van der Waals surface area (Å²) in [6.07, 6.45) is 1.68. The number of guanidine groups is 1. The maximum atomic E-state index is 11.9. The highest BCUT2D eigenvalue weighted by atomic mass is 32.2. The first kappa shape index (κ1) is 20.1. The molecule has 0 bridgehead atoms. The molecule has 2 fully saturated rings. The molecule has 2 saturated heterocycles. The molecule has 0 aliphatic carbocycles. The molecular weight excluding hydrogens is 356 g/mol. The van der Waals surface area contributed by atoms with Gasteiger partial charge in [-0.1, -0.05) is 24.3 Å². The van der Waals surface area contributed by atoms with E-state index in [1.165, 1.54) is 11.1 Å². The van der Waals surface area contributed by atoms with E-state index in [2.05, 4.69) is 55.3 Å². The van der Waals surface area contributed by atoms with E-state index in [4.69, 9.17) is 4.99 Å². The van der Waals surface area contributed by atoms with Gasteiger partial charge in [0.1, 0.15) is 0 Å². The van der Waals surface area contributed by atoms with E-state index in [-0.39, 0.29) is 10.7 Å². The Balaban J connectivity index is 1.67. The van der Waals surface area contributed by atoms with Crippen molar-refractivity contribution in [2.45, 2.75) is 51.4 Å². The Morgan fingerprint density at radius 3 is 2.81 bits per heavy atom. The quantitative estimate of drug-likeness (QED) is 0.622. The number of hydrogen-bond acceptors (Lipinski definition) is 3. The van der Waals surface area contributed by atoms with Crippen LogP contribution in [0.3, 0.4) is 0 Å². The minimum absolute atomic E-state index is 0.261. The lowest BCUT2D eigenvalue weighted by molar-refractivity contribution is -0.128. The molecule has 148 valence electrons. The van der Waals surface area contributed by atoms with Gasteiger partial charge in [0.25, 0.3) is 0 Å². The molecule has 0 unspecified atom stereocenters. The van der Waals surface area contributed by atoms with Crippen LogP contribution in [0.25, 0.3) is 0 Å². The van der Waals surface area contributed by atoms with Crippen LogP contribution in [0.4, 0.5) is 0 Å². The zero-order valence-corrected chi connectivity index (χ0v) is 17.6. The fourth-order valence-corrected chi connectivity index (χ4v) is 4.82. The van der Waals surface area contributed by atoms with Gasteiger partial charge in [-0.05, 0) is 38.3 Å². The second-order valence-electron chi connectivity index (χ2n) is 7.94. The topological polar surface area (TPSA) is 47.9 Å². The Labute approximate surface area is 167 Å². The molecule has 2 heterocycles. The van der Waals surface area contributed by atoms with Crippen molar-refractivity contribution in [1.82, 2.24) is 15.1 Å². The molecule has 0 aromatic heterocycles. The van der Waals surface area contributed by atoms with Crippen LogP contribution >= 0.6 is 11.8 Å². The Kier molecular flexibility index (Phi) is 6.68. The van der Waals surface area contributed by atoms with Gasteiger partial charge in [-0.2, -0.15) is 11.8 Å². The second-order valence-corrected chi connectivity index (χ2v) is 9.74. The van der Waals surface area contributed by atoms with Crippen LogP contribution in [0.2, 0.25) is 0 Å². The molecule has 0 atom stereocenters. The fourth-order valence-electron chi connectivity index (χ4n) is 3.71. The van der Waals surface area contributed by atoms with Gasteiger partial charge in [-0.25, -0.2) is 4.99 Å². The van der Waals surface area contributed by atoms with Crippen LogP contribution in [-0.4, -0.2) is 58.3 Å². The standard InChI is InChI=1S/C21H32N4OS/c1-4-22-20(25-11-12-27-21(2,3)16-25)23-14-17-7-5-8-18(13-17)15-24-10-6-9-19(24)26/h5,7-8,13H,4,6,9-12,14-16H2,1-3H3,(H,22,23). The van der Waals surface area contributed by atoms with Gasteiger partial charge >= 0.3 is 0 Å². The molecular formula is C21H32N4OS. The number of nitrogens with zero attached hydrogens (tertiary/aromatic N) is 3. The number of nitrogens with one attached hydrogen (secondary N) is 1. The highest BCUT2D eigenvalue weighted by Gasteiger charge is 2.28. The zero-order valence-electron chi connectivity index (χ0n) is 16.8. The summed E-state index contributed by atoms with van der Waals surface area (Å²) < 4.78 is 0.261. The van der Waals surface area contributed by atoms with Crippen LogP contribution in [0.5, 0.6) is 0 Å². The van der Waals surface area contributed by atoms with Crippen LogP contribution < -0.4 is 5.32 Å². The molecule has 0 spiro atoms. The van der Waals surface area contributed by atoms with Gasteiger partial charge in [0.05, 0.1) is 6.54 Å². The summed E-state index contributed by atoms with van der Waals surface area (Å²) in [7, 11) is 0. The number of aliphatic imine (C=N–C) groups is 1. The molecule has 3 rings (SSSR count). The lowest BCUT2D eigenvalue weighted by Crippen LogP contribution is -2.50. The minimum atomic E-state index is 0.261. The summed E-state index contributed by atoms with van der Waals surface area (Å²) in [5.74, 6) is 2.42. The number of benzene rings is 1. The van der Waals surface area contributed by atoms with Crippen LogP contribution in [0, 0.1) is 0 Å². The summed E-state index contributed by atoms with van der Waals surface area (Å²) in [5.41, 5.74) is 2.39. The molecule has 1 aromatic carbocycles. The summed E-state index contributed by atoms with van der Waals surface area (Å²) in [4.78, 5) is 21.1. The first-order chi connectivity index (χ1) is 13.0. The Morgan fingerprint density at radius 1 is 1.30 bits per heavy atom. The van der Waals surface area contributed by atoms with Crippen molar-refractivity contribution < 1.29 is 4.79 Å². The molecule has 1 N–H and O–H groups in total. The number of carbonyl (C=O) groups excluding carboxylic acids is 1. The fraction of sp³-hybridized carbons (Fsp3) is 0.619. The molecule has 2 aliphatic rings. The summed E-state index contributed by atoms with van der Waals surface area (Å²) in [6, 6.07) is 8.50. The SMILES string of the molecule is CCNC(=NCc1cccc(CN2CCCC2=O)c1)N1CCSC(C)(C)C1. The Hall–Kier alpha value is -1.69. The van der Waals surface area contributed by atoms with Crippen molar-refractivity contribution >= 4 is 23.6 Å². The molecule has 0 saturated carbocycles. The number of amides is 1. The number of carbonyl (C=O) groups is 1. The van der Waals surface area contributed by atoms with E-state index in [0.717, 1.165) is 44.3 Å². The molecule has 0 radical (unpaired) electrons. The third kappa shape index (κ3) is 5.64. The van der Waals surface area contributed by atoms with E-state index in [9.17, 15) is 4.79 Å². The van der Waals surface area contributed by atoms with Crippen molar-refractivity contribution in [2.24, 2.45) is 4.99 Å². The third-order valence-electron chi connectivity index (χ3n) is 5.01. The molecule has 5 nitrogen and oxygen atoms in total. The smallest absolute Gasteiger partial charge is 0.222 e. The predicted octanol–water partition coefficient (Wildman–Crippen LogP) is 3.10. The van der Waals surface area contributed by atoms with Gasteiger partial charge < -0.3 is 15.1 Å². The van der Waals surface area contributed by atoms with E-state index in [0.29, 0.717) is 19.5 Å². The highest BCUT2D eigenvalue weighted by molar-refractivity contribution is 8.00. The molecule has 27 heavy (non-hydrogen) atoms. The van der Waals surface area contributed by atoms with Crippen molar-refractivity contribution in [3.63, 3.8) is 0 Å². The second kappa shape index (κ2) is 9.00.